The molecule has 28 heavy (non-hydrogen) atoms. The Balaban J connectivity index is 1.85. The van der Waals surface area contributed by atoms with Gasteiger partial charge in [-0.3, -0.25) is 9.48 Å². The highest BCUT2D eigenvalue weighted by molar-refractivity contribution is 7.16. The maximum absolute atomic E-state index is 12.4. The molecule has 1 aromatic carbocycles. The minimum Gasteiger partial charge on any atom is -0.333 e. The Morgan fingerprint density at radius 1 is 1.36 bits per heavy atom. The van der Waals surface area contributed by atoms with Crippen molar-refractivity contribution in [3.8, 4) is 11.1 Å². The van der Waals surface area contributed by atoms with E-state index in [1.807, 2.05) is 16.5 Å². The molecule has 0 spiro atoms. The molecule has 2 aromatic heterocycles. The standard InChI is InChI=1S/C22H22ClN3OS/c1-4-22(27)25-11-19(17-10-21(23)28-20(17)13-25)16-9-7-6-8-15(16)18-12-26(5-2)24-14(18)3/h4,6-10,12,19H,1,5,11,13H2,2-3H3/t19-/m0/s1. The van der Waals surface area contributed by atoms with Crippen LogP contribution in [0.15, 0.2) is 49.2 Å². The number of benzene rings is 1. The number of aromatic nitrogens is 2. The highest BCUT2D eigenvalue weighted by Crippen LogP contribution is 2.43. The third kappa shape index (κ3) is 3.29. The van der Waals surface area contributed by atoms with Gasteiger partial charge in [-0.05, 0) is 42.7 Å². The highest BCUT2D eigenvalue weighted by atomic mass is 35.5. The first-order valence-electron chi connectivity index (χ1n) is 9.34. The zero-order valence-corrected chi connectivity index (χ0v) is 17.6. The van der Waals surface area contributed by atoms with Crippen LogP contribution in [0.25, 0.3) is 11.1 Å². The molecule has 3 aromatic rings. The zero-order chi connectivity index (χ0) is 19.8. The minimum absolute atomic E-state index is 0.0485. The van der Waals surface area contributed by atoms with Gasteiger partial charge in [0.15, 0.2) is 0 Å². The Hall–Kier alpha value is -2.37. The molecule has 0 fully saturated rings. The van der Waals surface area contributed by atoms with Crippen molar-refractivity contribution in [3.63, 3.8) is 0 Å². The lowest BCUT2D eigenvalue weighted by atomic mass is 9.84. The average molecular weight is 412 g/mol. The summed E-state index contributed by atoms with van der Waals surface area (Å²) < 4.78 is 2.72. The molecule has 0 saturated heterocycles. The van der Waals surface area contributed by atoms with Gasteiger partial charge >= 0.3 is 0 Å². The maximum atomic E-state index is 12.4. The maximum Gasteiger partial charge on any atom is 0.246 e. The third-order valence-electron chi connectivity index (χ3n) is 5.31. The van der Waals surface area contributed by atoms with Gasteiger partial charge in [-0.15, -0.1) is 11.3 Å². The molecule has 1 atom stereocenters. The predicted octanol–water partition coefficient (Wildman–Crippen LogP) is 5.25. The topological polar surface area (TPSA) is 38.1 Å². The number of carbonyl (C=O) groups is 1. The number of aryl methyl sites for hydroxylation is 2. The fourth-order valence-electron chi connectivity index (χ4n) is 3.94. The number of nitrogens with zero attached hydrogens (tertiary/aromatic N) is 3. The monoisotopic (exact) mass is 411 g/mol. The van der Waals surface area contributed by atoms with Crippen LogP contribution in [-0.2, 0) is 17.9 Å². The number of rotatable bonds is 4. The first-order valence-corrected chi connectivity index (χ1v) is 10.5. The van der Waals surface area contributed by atoms with Gasteiger partial charge in [0.2, 0.25) is 5.91 Å². The van der Waals surface area contributed by atoms with E-state index in [2.05, 4.69) is 55.1 Å². The number of thiophene rings is 1. The molecule has 0 bridgehead atoms. The van der Waals surface area contributed by atoms with Crippen LogP contribution in [0.4, 0.5) is 0 Å². The second kappa shape index (κ2) is 7.57. The largest absolute Gasteiger partial charge is 0.333 e. The van der Waals surface area contributed by atoms with E-state index < -0.39 is 0 Å². The van der Waals surface area contributed by atoms with Crippen LogP contribution in [0.5, 0.6) is 0 Å². The van der Waals surface area contributed by atoms with Gasteiger partial charge in [-0.25, -0.2) is 0 Å². The average Bonchev–Trinajstić information content (AvgIpc) is 3.27. The van der Waals surface area contributed by atoms with E-state index in [4.69, 9.17) is 11.6 Å². The molecule has 0 aliphatic carbocycles. The highest BCUT2D eigenvalue weighted by Gasteiger charge is 2.32. The van der Waals surface area contributed by atoms with Gasteiger partial charge in [0.25, 0.3) is 0 Å². The summed E-state index contributed by atoms with van der Waals surface area (Å²) in [7, 11) is 0. The summed E-state index contributed by atoms with van der Waals surface area (Å²) >= 11 is 7.90. The Kier molecular flexibility index (Phi) is 5.13. The summed E-state index contributed by atoms with van der Waals surface area (Å²) in [6.07, 6.45) is 3.49. The summed E-state index contributed by atoms with van der Waals surface area (Å²) in [6, 6.07) is 10.5. The molecule has 6 heteroatoms. The minimum atomic E-state index is -0.0485. The number of halogens is 1. The quantitative estimate of drug-likeness (QED) is 0.549. The summed E-state index contributed by atoms with van der Waals surface area (Å²) in [5.41, 5.74) is 5.71. The van der Waals surface area contributed by atoms with Crippen LogP contribution < -0.4 is 0 Å². The number of carbonyl (C=O) groups excluding carboxylic acids is 1. The van der Waals surface area contributed by atoms with Crippen molar-refractivity contribution in [2.24, 2.45) is 0 Å². The van der Waals surface area contributed by atoms with Crippen molar-refractivity contribution in [2.45, 2.75) is 32.9 Å². The molecular formula is C22H22ClN3OS. The van der Waals surface area contributed by atoms with Crippen LogP contribution in [-0.4, -0.2) is 27.1 Å². The predicted molar refractivity (Wildman–Crippen MR) is 115 cm³/mol. The van der Waals surface area contributed by atoms with Crippen LogP contribution in [0.2, 0.25) is 4.34 Å². The van der Waals surface area contributed by atoms with E-state index >= 15 is 0 Å². The van der Waals surface area contributed by atoms with Gasteiger partial charge in [0.05, 0.1) is 16.6 Å². The second-order valence-electron chi connectivity index (χ2n) is 6.98. The van der Waals surface area contributed by atoms with E-state index in [-0.39, 0.29) is 11.8 Å². The fraction of sp³-hybridized carbons (Fsp3) is 0.273. The molecule has 1 aliphatic rings. The molecule has 1 aliphatic heterocycles. The molecule has 4 rings (SSSR count). The summed E-state index contributed by atoms with van der Waals surface area (Å²) in [5, 5.41) is 4.62. The first kappa shape index (κ1) is 19.0. The Bertz CT molecular complexity index is 1050. The number of hydrogen-bond donors (Lipinski definition) is 0. The van der Waals surface area contributed by atoms with Crippen LogP contribution in [0.1, 0.15) is 34.5 Å². The van der Waals surface area contributed by atoms with Crippen molar-refractivity contribution >= 4 is 28.8 Å². The van der Waals surface area contributed by atoms with Gasteiger partial charge in [-0.1, -0.05) is 42.4 Å². The molecule has 144 valence electrons. The summed E-state index contributed by atoms with van der Waals surface area (Å²) in [4.78, 5) is 15.4. The number of hydrogen-bond acceptors (Lipinski definition) is 3. The Morgan fingerprint density at radius 3 is 2.86 bits per heavy atom. The van der Waals surface area contributed by atoms with Crippen molar-refractivity contribution in [2.75, 3.05) is 6.54 Å². The fourth-order valence-corrected chi connectivity index (χ4v) is 5.29. The van der Waals surface area contributed by atoms with Crippen molar-refractivity contribution in [3.05, 3.63) is 75.2 Å². The zero-order valence-electron chi connectivity index (χ0n) is 16.0. The Labute approximate surface area is 174 Å². The molecule has 0 N–H and O–H groups in total. The van der Waals surface area contributed by atoms with Crippen LogP contribution >= 0.6 is 22.9 Å². The van der Waals surface area contributed by atoms with Crippen LogP contribution in [0, 0.1) is 6.92 Å². The SMILES string of the molecule is C=CC(=O)N1Cc2sc(Cl)cc2[C@H](c2ccccc2-c2cn(CC)nc2C)C1. The first-order chi connectivity index (χ1) is 13.5. The van der Waals surface area contributed by atoms with Crippen molar-refractivity contribution in [1.29, 1.82) is 0 Å². The van der Waals surface area contributed by atoms with E-state index in [1.54, 1.807) is 11.3 Å². The van der Waals surface area contributed by atoms with Crippen LogP contribution in [0.3, 0.4) is 0 Å². The van der Waals surface area contributed by atoms with E-state index in [1.165, 1.54) is 17.2 Å². The number of fused-ring (bicyclic) bond motifs is 1. The Morgan fingerprint density at radius 2 is 2.14 bits per heavy atom. The molecule has 0 unspecified atom stereocenters. The third-order valence-corrected chi connectivity index (χ3v) is 6.57. The molecular weight excluding hydrogens is 390 g/mol. The molecule has 3 heterocycles. The van der Waals surface area contributed by atoms with E-state index in [0.29, 0.717) is 13.1 Å². The van der Waals surface area contributed by atoms with Crippen molar-refractivity contribution in [1.82, 2.24) is 14.7 Å². The van der Waals surface area contributed by atoms with Gasteiger partial charge in [-0.2, -0.15) is 5.10 Å². The van der Waals surface area contributed by atoms with Gasteiger partial charge in [0, 0.05) is 35.6 Å². The van der Waals surface area contributed by atoms with E-state index in [9.17, 15) is 4.79 Å². The van der Waals surface area contributed by atoms with Gasteiger partial charge < -0.3 is 4.90 Å². The molecule has 4 nitrogen and oxygen atoms in total. The molecule has 0 saturated carbocycles. The normalized spacial score (nSPS) is 16.1. The second-order valence-corrected chi connectivity index (χ2v) is 8.74. The summed E-state index contributed by atoms with van der Waals surface area (Å²) in [6.45, 7) is 9.82. The van der Waals surface area contributed by atoms with Gasteiger partial charge in [0.1, 0.15) is 0 Å². The van der Waals surface area contributed by atoms with Crippen molar-refractivity contribution < 1.29 is 4.79 Å². The molecule has 1 amide bonds. The smallest absolute Gasteiger partial charge is 0.246 e. The lowest BCUT2D eigenvalue weighted by Crippen LogP contribution is -2.37. The summed E-state index contributed by atoms with van der Waals surface area (Å²) in [5.74, 6) is 0.0182. The lowest BCUT2D eigenvalue weighted by molar-refractivity contribution is -0.127. The number of amides is 1. The lowest BCUT2D eigenvalue weighted by Gasteiger charge is -2.33. The van der Waals surface area contributed by atoms with E-state index in [0.717, 1.165) is 32.6 Å². The molecule has 0 radical (unpaired) electrons.